The van der Waals surface area contributed by atoms with Crippen molar-refractivity contribution in [3.8, 4) is 34.2 Å². The number of fused-ring (bicyclic) bond motifs is 1. The summed E-state index contributed by atoms with van der Waals surface area (Å²) in [6.07, 6.45) is 7.97. The molecular formula is C41H34BrN3. The summed E-state index contributed by atoms with van der Waals surface area (Å²) >= 11 is 3.66. The minimum Gasteiger partial charge on any atom is -0.208 e. The van der Waals surface area contributed by atoms with Gasteiger partial charge in [0.2, 0.25) is 0 Å². The van der Waals surface area contributed by atoms with Gasteiger partial charge in [0.15, 0.2) is 17.5 Å². The first-order chi connectivity index (χ1) is 22.1. The van der Waals surface area contributed by atoms with Gasteiger partial charge in [0.1, 0.15) is 0 Å². The summed E-state index contributed by atoms with van der Waals surface area (Å²) in [4.78, 5) is 15.1. The van der Waals surface area contributed by atoms with Crippen LogP contribution < -0.4 is 0 Å². The van der Waals surface area contributed by atoms with E-state index in [9.17, 15) is 0 Å². The average Bonchev–Trinajstić information content (AvgIpc) is 3.08. The molecule has 4 aliphatic carbocycles. The fourth-order valence-electron chi connectivity index (χ4n) is 9.48. The van der Waals surface area contributed by atoms with Crippen LogP contribution in [-0.4, -0.2) is 15.0 Å². The molecule has 4 aliphatic rings. The molecule has 0 aliphatic heterocycles. The first-order valence-corrected chi connectivity index (χ1v) is 17.0. The number of nitrogens with zero attached hydrogens (tertiary/aromatic N) is 3. The molecule has 2 atom stereocenters. The molecule has 0 amide bonds. The maximum atomic E-state index is 5.10. The molecule has 4 fully saturated rings. The first-order valence-electron chi connectivity index (χ1n) is 16.2. The Labute approximate surface area is 272 Å². The van der Waals surface area contributed by atoms with Crippen molar-refractivity contribution < 1.29 is 0 Å². The van der Waals surface area contributed by atoms with Gasteiger partial charge in [-0.25, -0.2) is 15.0 Å². The molecule has 4 heteroatoms. The van der Waals surface area contributed by atoms with Crippen LogP contribution in [-0.2, 0) is 10.8 Å². The average molecular weight is 649 g/mol. The summed E-state index contributed by atoms with van der Waals surface area (Å²) in [7, 11) is 0. The standard InChI is InChI=1S/C41H34BrN3/c42-34-19-17-33(18-20-34)41-24-27-21-28(25-41)23-40(22-27,26-41)32-15-13-31(14-16-32)38-43-37(30-8-2-1-3-9-30)44-39(45-38)36-12-6-10-29-7-4-5-11-35(29)36/h1-20,27-28H,21-26H2. The first kappa shape index (κ1) is 27.2. The molecule has 5 aromatic carbocycles. The van der Waals surface area contributed by atoms with Crippen molar-refractivity contribution in [2.45, 2.75) is 49.4 Å². The fraction of sp³-hybridized carbons (Fsp3) is 0.244. The van der Waals surface area contributed by atoms with Crippen LogP contribution in [0.25, 0.3) is 44.9 Å². The lowest BCUT2D eigenvalue weighted by Gasteiger charge is -2.63. The second kappa shape index (κ2) is 10.5. The Kier molecular flexibility index (Phi) is 6.32. The van der Waals surface area contributed by atoms with Crippen molar-refractivity contribution in [1.29, 1.82) is 0 Å². The van der Waals surface area contributed by atoms with Crippen molar-refractivity contribution in [1.82, 2.24) is 15.0 Å². The third-order valence-electron chi connectivity index (χ3n) is 11.0. The summed E-state index contributed by atoms with van der Waals surface area (Å²) in [5, 5.41) is 2.33. The predicted octanol–water partition coefficient (Wildman–Crippen LogP) is 10.6. The molecule has 0 N–H and O–H groups in total. The number of rotatable bonds is 5. The highest BCUT2D eigenvalue weighted by Crippen LogP contribution is 2.66. The number of hydrogen-bond donors (Lipinski definition) is 0. The van der Waals surface area contributed by atoms with Crippen LogP contribution in [0.3, 0.4) is 0 Å². The van der Waals surface area contributed by atoms with Gasteiger partial charge in [-0.3, -0.25) is 0 Å². The third-order valence-corrected chi connectivity index (χ3v) is 11.5. The summed E-state index contributed by atoms with van der Waals surface area (Å²) in [6, 6.07) is 43.6. The summed E-state index contributed by atoms with van der Waals surface area (Å²) in [6.45, 7) is 0. The molecule has 0 saturated heterocycles. The zero-order valence-electron chi connectivity index (χ0n) is 25.2. The highest BCUT2D eigenvalue weighted by atomic mass is 79.9. The minimum absolute atomic E-state index is 0.248. The van der Waals surface area contributed by atoms with E-state index in [4.69, 9.17) is 15.0 Å². The monoisotopic (exact) mass is 647 g/mol. The van der Waals surface area contributed by atoms with Gasteiger partial charge in [-0.05, 0) is 95.2 Å². The van der Waals surface area contributed by atoms with Gasteiger partial charge in [-0.1, -0.05) is 125 Å². The fourth-order valence-corrected chi connectivity index (χ4v) is 9.74. The second-order valence-electron chi connectivity index (χ2n) is 13.8. The van der Waals surface area contributed by atoms with E-state index < -0.39 is 0 Å². The third kappa shape index (κ3) is 4.65. The van der Waals surface area contributed by atoms with Gasteiger partial charge in [-0.2, -0.15) is 0 Å². The van der Waals surface area contributed by atoms with E-state index in [0.717, 1.165) is 39.7 Å². The molecular weight excluding hydrogens is 614 g/mol. The Hall–Kier alpha value is -4.15. The molecule has 45 heavy (non-hydrogen) atoms. The smallest absolute Gasteiger partial charge is 0.164 e. The van der Waals surface area contributed by atoms with Gasteiger partial charge >= 0.3 is 0 Å². The van der Waals surface area contributed by atoms with E-state index in [0.29, 0.717) is 17.1 Å². The molecule has 3 nitrogen and oxygen atoms in total. The normalized spacial score (nSPS) is 25.1. The van der Waals surface area contributed by atoms with Gasteiger partial charge < -0.3 is 0 Å². The van der Waals surface area contributed by atoms with E-state index >= 15 is 0 Å². The van der Waals surface area contributed by atoms with Crippen LogP contribution >= 0.6 is 15.9 Å². The molecule has 4 saturated carbocycles. The van der Waals surface area contributed by atoms with Crippen LogP contribution in [0.4, 0.5) is 0 Å². The Balaban J connectivity index is 1.12. The lowest BCUT2D eigenvalue weighted by molar-refractivity contribution is -0.0281. The zero-order valence-corrected chi connectivity index (χ0v) is 26.7. The van der Waals surface area contributed by atoms with Crippen molar-refractivity contribution >= 4 is 26.7 Å². The van der Waals surface area contributed by atoms with Crippen LogP contribution in [0.5, 0.6) is 0 Å². The molecule has 4 bridgehead atoms. The molecule has 10 rings (SSSR count). The van der Waals surface area contributed by atoms with Crippen LogP contribution in [0.2, 0.25) is 0 Å². The van der Waals surface area contributed by atoms with Crippen LogP contribution in [0, 0.1) is 11.8 Å². The molecule has 1 aromatic heterocycles. The van der Waals surface area contributed by atoms with E-state index in [1.54, 1.807) is 5.56 Å². The number of benzene rings is 5. The maximum absolute atomic E-state index is 5.10. The number of halogens is 1. The maximum Gasteiger partial charge on any atom is 0.164 e. The lowest BCUT2D eigenvalue weighted by atomic mass is 9.42. The molecule has 1 heterocycles. The summed E-state index contributed by atoms with van der Waals surface area (Å²) in [5.74, 6) is 3.75. The highest BCUT2D eigenvalue weighted by molar-refractivity contribution is 9.10. The topological polar surface area (TPSA) is 38.7 Å². The van der Waals surface area contributed by atoms with Crippen molar-refractivity contribution in [3.05, 3.63) is 137 Å². The summed E-state index contributed by atoms with van der Waals surface area (Å²) in [5.41, 5.74) is 6.64. The molecule has 2 unspecified atom stereocenters. The van der Waals surface area contributed by atoms with Crippen molar-refractivity contribution in [2.24, 2.45) is 11.8 Å². The SMILES string of the molecule is Brc1ccc(C23CC4CC(C2)CC(c2ccc(-c5nc(-c6ccccc6)nc(-c6cccc7ccccc67)n5)cc2)(C4)C3)cc1. The van der Waals surface area contributed by atoms with Gasteiger partial charge in [0.25, 0.3) is 0 Å². The Morgan fingerprint density at radius 2 is 1.04 bits per heavy atom. The quantitative estimate of drug-likeness (QED) is 0.187. The van der Waals surface area contributed by atoms with Gasteiger partial charge in [0, 0.05) is 21.2 Å². The van der Waals surface area contributed by atoms with Gasteiger partial charge in [-0.15, -0.1) is 0 Å². The Bertz CT molecular complexity index is 2020. The second-order valence-corrected chi connectivity index (χ2v) is 14.7. The number of aromatic nitrogens is 3. The van der Waals surface area contributed by atoms with E-state index in [2.05, 4.69) is 119 Å². The Morgan fingerprint density at radius 1 is 0.511 bits per heavy atom. The number of hydrogen-bond acceptors (Lipinski definition) is 3. The van der Waals surface area contributed by atoms with E-state index in [1.807, 2.05) is 18.2 Å². The van der Waals surface area contributed by atoms with Crippen LogP contribution in [0.15, 0.2) is 126 Å². The minimum atomic E-state index is 0.248. The largest absolute Gasteiger partial charge is 0.208 e. The Morgan fingerprint density at radius 3 is 1.71 bits per heavy atom. The van der Waals surface area contributed by atoms with Crippen LogP contribution in [0.1, 0.15) is 49.7 Å². The van der Waals surface area contributed by atoms with Crippen molar-refractivity contribution in [3.63, 3.8) is 0 Å². The molecule has 0 radical (unpaired) electrons. The lowest BCUT2D eigenvalue weighted by Crippen LogP contribution is -2.55. The molecule has 220 valence electrons. The van der Waals surface area contributed by atoms with E-state index in [1.165, 1.54) is 53.9 Å². The molecule has 6 aromatic rings. The predicted molar refractivity (Wildman–Crippen MR) is 186 cm³/mol. The molecule has 0 spiro atoms. The van der Waals surface area contributed by atoms with Gasteiger partial charge in [0.05, 0.1) is 0 Å². The van der Waals surface area contributed by atoms with E-state index in [-0.39, 0.29) is 5.41 Å². The summed E-state index contributed by atoms with van der Waals surface area (Å²) < 4.78 is 1.17. The zero-order chi connectivity index (χ0) is 30.0. The van der Waals surface area contributed by atoms with Crippen molar-refractivity contribution in [2.75, 3.05) is 0 Å². The highest BCUT2D eigenvalue weighted by Gasteiger charge is 2.58.